The van der Waals surface area contributed by atoms with Gasteiger partial charge in [0.1, 0.15) is 23.9 Å². The summed E-state index contributed by atoms with van der Waals surface area (Å²) in [5.74, 6) is 1.07. The molecule has 0 radical (unpaired) electrons. The molecular weight excluding hydrogens is 555 g/mol. The number of nitrogens with zero attached hydrogens (tertiary/aromatic N) is 6. The van der Waals surface area contributed by atoms with Crippen molar-refractivity contribution in [1.82, 2.24) is 24.9 Å². The van der Waals surface area contributed by atoms with Crippen molar-refractivity contribution in [3.63, 3.8) is 0 Å². The lowest BCUT2D eigenvalue weighted by Gasteiger charge is -2.36. The van der Waals surface area contributed by atoms with Crippen molar-refractivity contribution in [3.8, 4) is 22.8 Å². The maximum absolute atomic E-state index is 13.9. The lowest BCUT2D eigenvalue weighted by molar-refractivity contribution is -0.132. The number of hydrogen-bond acceptors (Lipinski definition) is 9. The highest BCUT2D eigenvalue weighted by atomic mass is 19.1. The summed E-state index contributed by atoms with van der Waals surface area (Å²) in [4.78, 5) is 34.3. The number of aromatic nitrogens is 2. The summed E-state index contributed by atoms with van der Waals surface area (Å²) in [6.45, 7) is 5.87. The van der Waals surface area contributed by atoms with Crippen molar-refractivity contribution < 1.29 is 28.2 Å². The molecule has 43 heavy (non-hydrogen) atoms. The van der Waals surface area contributed by atoms with Gasteiger partial charge in [-0.3, -0.25) is 14.5 Å². The second kappa shape index (κ2) is 14.3. The Kier molecular flexibility index (Phi) is 10.0. The zero-order valence-electron chi connectivity index (χ0n) is 24.6. The first-order valence-electron chi connectivity index (χ1n) is 14.4. The van der Waals surface area contributed by atoms with E-state index in [0.29, 0.717) is 69.7 Å². The molecule has 228 valence electrons. The number of carbonyl (C=O) groups is 2. The molecule has 11 nitrogen and oxygen atoms in total. The molecule has 1 aromatic heterocycles. The van der Waals surface area contributed by atoms with Crippen LogP contribution in [0.4, 0.5) is 10.2 Å². The highest BCUT2D eigenvalue weighted by Crippen LogP contribution is 2.32. The smallest absolute Gasteiger partial charge is 0.254 e. The van der Waals surface area contributed by atoms with Gasteiger partial charge in [0.15, 0.2) is 5.82 Å². The number of halogens is 1. The van der Waals surface area contributed by atoms with Crippen molar-refractivity contribution in [1.29, 1.82) is 0 Å². The Labute approximate surface area is 250 Å². The molecule has 2 fully saturated rings. The summed E-state index contributed by atoms with van der Waals surface area (Å²) in [5.41, 5.74) is 1.72. The van der Waals surface area contributed by atoms with E-state index in [1.807, 2.05) is 24.3 Å². The second-order valence-corrected chi connectivity index (χ2v) is 10.4. The number of hydrogen-bond donors (Lipinski definition) is 0. The van der Waals surface area contributed by atoms with Crippen LogP contribution >= 0.6 is 0 Å². The zero-order chi connectivity index (χ0) is 30.2. The molecule has 0 N–H and O–H groups in total. The van der Waals surface area contributed by atoms with Gasteiger partial charge in [0, 0.05) is 69.6 Å². The lowest BCUT2D eigenvalue weighted by atomic mass is 10.1. The van der Waals surface area contributed by atoms with Gasteiger partial charge in [-0.1, -0.05) is 6.07 Å². The van der Waals surface area contributed by atoms with Gasteiger partial charge in [-0.05, 0) is 42.5 Å². The average Bonchev–Trinajstić information content (AvgIpc) is 3.06. The third-order valence-corrected chi connectivity index (χ3v) is 7.77. The molecule has 0 unspecified atom stereocenters. The number of anilines is 1. The zero-order valence-corrected chi connectivity index (χ0v) is 24.6. The molecule has 0 bridgehead atoms. The van der Waals surface area contributed by atoms with Crippen LogP contribution in [0.25, 0.3) is 11.3 Å². The van der Waals surface area contributed by atoms with E-state index in [4.69, 9.17) is 14.2 Å². The maximum Gasteiger partial charge on any atom is 0.254 e. The molecule has 0 atom stereocenters. The minimum atomic E-state index is -0.485. The highest BCUT2D eigenvalue weighted by Gasteiger charge is 2.27. The van der Waals surface area contributed by atoms with Crippen LogP contribution in [0.3, 0.4) is 0 Å². The summed E-state index contributed by atoms with van der Waals surface area (Å²) in [5, 5.41) is 8.86. The first kappa shape index (κ1) is 30.2. The van der Waals surface area contributed by atoms with Gasteiger partial charge in [0.05, 0.1) is 33.1 Å². The van der Waals surface area contributed by atoms with Crippen molar-refractivity contribution in [2.24, 2.45) is 0 Å². The molecule has 2 aliphatic heterocycles. The van der Waals surface area contributed by atoms with Crippen molar-refractivity contribution >= 4 is 17.6 Å². The number of benzene rings is 2. The average molecular weight is 593 g/mol. The van der Waals surface area contributed by atoms with Crippen molar-refractivity contribution in [3.05, 3.63) is 66.0 Å². The van der Waals surface area contributed by atoms with Crippen LogP contribution < -0.4 is 14.4 Å². The van der Waals surface area contributed by atoms with Gasteiger partial charge in [0.25, 0.3) is 5.91 Å². The minimum Gasteiger partial charge on any atom is -0.497 e. The van der Waals surface area contributed by atoms with Crippen molar-refractivity contribution in [2.75, 3.05) is 91.2 Å². The summed E-state index contributed by atoms with van der Waals surface area (Å²) in [7, 11) is 3.20. The normalized spacial score (nSPS) is 15.7. The van der Waals surface area contributed by atoms with Crippen LogP contribution in [-0.2, 0) is 9.53 Å². The van der Waals surface area contributed by atoms with E-state index in [9.17, 15) is 14.0 Å². The van der Waals surface area contributed by atoms with E-state index in [-0.39, 0.29) is 23.9 Å². The maximum atomic E-state index is 13.9. The van der Waals surface area contributed by atoms with Gasteiger partial charge in [-0.2, -0.15) is 0 Å². The molecule has 3 heterocycles. The van der Waals surface area contributed by atoms with Crippen LogP contribution in [0.1, 0.15) is 10.4 Å². The Morgan fingerprint density at radius 1 is 0.930 bits per heavy atom. The Bertz CT molecular complexity index is 1390. The topological polar surface area (TPSA) is 101 Å². The number of morpholine rings is 1. The molecule has 2 aliphatic rings. The Morgan fingerprint density at radius 3 is 2.40 bits per heavy atom. The number of methoxy groups -OCH3 is 2. The molecule has 3 aromatic rings. The van der Waals surface area contributed by atoms with Gasteiger partial charge in [-0.15, -0.1) is 10.2 Å². The lowest BCUT2D eigenvalue weighted by Crippen LogP contribution is -2.53. The third kappa shape index (κ3) is 7.57. The standard InChI is InChI=1S/C31H37FN6O5/c1-41-25-6-7-26(28(21-25)42-2)27-8-9-29(34-33-27)36-12-14-37(15-13-36)30(39)22-38(11-10-35-16-18-43-19-17-35)31(40)23-4-3-5-24(32)20-23/h3-9,20-21H,10-19,22H2,1-2H3. The quantitative estimate of drug-likeness (QED) is 0.351. The fourth-order valence-corrected chi connectivity index (χ4v) is 5.24. The SMILES string of the molecule is COc1ccc(-c2ccc(N3CCN(C(=O)CN(CCN4CCOCC4)C(=O)c4cccc(F)c4)CC3)nn2)c(OC)c1. The van der Waals surface area contributed by atoms with E-state index < -0.39 is 5.82 Å². The fraction of sp³-hybridized carbons (Fsp3) is 0.419. The third-order valence-electron chi connectivity index (χ3n) is 7.77. The molecule has 2 amide bonds. The molecule has 12 heteroatoms. The fourth-order valence-electron chi connectivity index (χ4n) is 5.24. The molecule has 0 spiro atoms. The summed E-state index contributed by atoms with van der Waals surface area (Å²) in [6, 6.07) is 14.9. The van der Waals surface area contributed by atoms with Gasteiger partial charge >= 0.3 is 0 Å². The highest BCUT2D eigenvalue weighted by molar-refractivity contribution is 5.96. The number of amides is 2. The van der Waals surface area contributed by atoms with Gasteiger partial charge in [-0.25, -0.2) is 4.39 Å². The van der Waals surface area contributed by atoms with Crippen LogP contribution in [0, 0.1) is 5.82 Å². The molecular formula is C31H37FN6O5. The summed E-state index contributed by atoms with van der Waals surface area (Å²) < 4.78 is 30.1. The van der Waals surface area contributed by atoms with Gasteiger partial charge < -0.3 is 28.9 Å². The number of carbonyl (C=O) groups excluding carboxylic acids is 2. The van der Waals surface area contributed by atoms with E-state index >= 15 is 0 Å². The van der Waals surface area contributed by atoms with Crippen LogP contribution in [0.15, 0.2) is 54.6 Å². The molecule has 0 aliphatic carbocycles. The van der Waals surface area contributed by atoms with Crippen molar-refractivity contribution in [2.45, 2.75) is 0 Å². The van der Waals surface area contributed by atoms with Crippen LogP contribution in [0.2, 0.25) is 0 Å². The summed E-state index contributed by atoms with van der Waals surface area (Å²) in [6.07, 6.45) is 0. The Hall–Kier alpha value is -4.29. The van der Waals surface area contributed by atoms with E-state index in [2.05, 4.69) is 20.0 Å². The largest absolute Gasteiger partial charge is 0.497 e. The predicted molar refractivity (Wildman–Crippen MR) is 159 cm³/mol. The molecule has 5 rings (SSSR count). The van der Waals surface area contributed by atoms with Gasteiger partial charge in [0.2, 0.25) is 5.91 Å². The summed E-state index contributed by atoms with van der Waals surface area (Å²) >= 11 is 0. The van der Waals surface area contributed by atoms with E-state index in [0.717, 1.165) is 24.5 Å². The second-order valence-electron chi connectivity index (χ2n) is 10.4. The predicted octanol–water partition coefficient (Wildman–Crippen LogP) is 2.42. The number of rotatable bonds is 10. The van der Waals surface area contributed by atoms with Crippen LogP contribution in [0.5, 0.6) is 11.5 Å². The Morgan fingerprint density at radius 2 is 1.72 bits per heavy atom. The van der Waals surface area contributed by atoms with E-state index in [1.54, 1.807) is 31.3 Å². The minimum absolute atomic E-state index is 0.0715. The van der Waals surface area contributed by atoms with Crippen LogP contribution in [-0.4, -0.2) is 123 Å². The van der Waals surface area contributed by atoms with E-state index in [1.165, 1.54) is 23.1 Å². The number of ether oxygens (including phenoxy) is 3. The Balaban J connectivity index is 1.19. The molecule has 0 saturated carbocycles. The first-order valence-corrected chi connectivity index (χ1v) is 14.4. The monoisotopic (exact) mass is 592 g/mol. The molecule has 2 aromatic carbocycles. The number of piperazine rings is 1. The molecule has 2 saturated heterocycles. The first-order chi connectivity index (χ1) is 20.9.